The molecule has 11 heavy (non-hydrogen) atoms. The lowest BCUT2D eigenvalue weighted by molar-refractivity contribution is 0.425. The van der Waals surface area contributed by atoms with Crippen molar-refractivity contribution >= 4 is 12.6 Å². The van der Waals surface area contributed by atoms with Gasteiger partial charge in [-0.3, -0.25) is 0 Å². The lowest BCUT2D eigenvalue weighted by Gasteiger charge is -1.99. The summed E-state index contributed by atoms with van der Waals surface area (Å²) in [4.78, 5) is 2.96. The second kappa shape index (κ2) is 2.98. The molecular formula is C6H7BFNO2. The number of aromatic nitrogens is 1. The molecule has 2 N–H and O–H groups in total. The predicted octanol–water partition coefficient (Wildman–Crippen LogP) is -0.791. The van der Waals surface area contributed by atoms with Gasteiger partial charge in [-0.2, -0.15) is 4.39 Å². The average molecular weight is 160 g/mol. The van der Waals surface area contributed by atoms with Gasteiger partial charge in [0.2, 0.25) is 5.95 Å². The van der Waals surface area contributed by atoms with Gasteiger partial charge in [0.25, 0.3) is 0 Å². The van der Waals surface area contributed by atoms with Gasteiger partial charge in [-0.15, -0.1) is 0 Å². The van der Waals surface area contributed by atoms with Gasteiger partial charge >= 0.3 is 7.12 Å². The zero-order chi connectivity index (χ0) is 12.7. The number of halogens is 1. The summed E-state index contributed by atoms with van der Waals surface area (Å²) in [5.41, 5.74) is -1.71. The van der Waals surface area contributed by atoms with Crippen molar-refractivity contribution < 1.29 is 21.3 Å². The molecule has 58 valence electrons. The third-order valence-electron chi connectivity index (χ3n) is 0.959. The minimum absolute atomic E-state index is 0.807. The SMILES string of the molecule is [2H]c1c(F)nc(C([2H])([2H])[2H])c([2H])c1B(O)O. The van der Waals surface area contributed by atoms with Crippen LogP contribution in [0.2, 0.25) is 0 Å². The molecule has 0 radical (unpaired) electrons. The molecule has 1 rings (SSSR count). The monoisotopic (exact) mass is 160 g/mol. The van der Waals surface area contributed by atoms with Crippen molar-refractivity contribution in [2.24, 2.45) is 0 Å². The van der Waals surface area contributed by atoms with Crippen LogP contribution in [0, 0.1) is 12.8 Å². The van der Waals surface area contributed by atoms with Crippen molar-refractivity contribution in [1.29, 1.82) is 0 Å². The Kier molecular flexibility index (Phi) is 0.987. The van der Waals surface area contributed by atoms with Gasteiger partial charge in [0.15, 0.2) is 0 Å². The van der Waals surface area contributed by atoms with Crippen LogP contribution in [-0.2, 0) is 0 Å². The molecular weight excluding hydrogens is 148 g/mol. The highest BCUT2D eigenvalue weighted by Crippen LogP contribution is 1.93. The first kappa shape index (κ1) is 3.64. The van der Waals surface area contributed by atoms with Gasteiger partial charge < -0.3 is 10.0 Å². The summed E-state index contributed by atoms with van der Waals surface area (Å²) >= 11 is 0. The molecule has 0 aliphatic rings. The Labute approximate surface area is 70.7 Å². The summed E-state index contributed by atoms with van der Waals surface area (Å²) in [6.45, 7) is -2.85. The molecule has 0 aliphatic carbocycles. The molecule has 1 aromatic heterocycles. The Balaban J connectivity index is 3.57. The fourth-order valence-corrected chi connectivity index (χ4v) is 0.553. The van der Waals surface area contributed by atoms with Gasteiger partial charge in [0, 0.05) is 9.81 Å². The molecule has 0 unspecified atom stereocenters. The fourth-order valence-electron chi connectivity index (χ4n) is 0.553. The van der Waals surface area contributed by atoms with E-state index in [2.05, 4.69) is 4.98 Å². The number of nitrogens with zero attached hydrogens (tertiary/aromatic N) is 1. The van der Waals surface area contributed by atoms with E-state index in [0.29, 0.717) is 0 Å². The highest BCUT2D eigenvalue weighted by molar-refractivity contribution is 6.58. The maximum atomic E-state index is 13.1. The molecule has 0 saturated heterocycles. The lowest BCUT2D eigenvalue weighted by Crippen LogP contribution is -2.30. The zero-order valence-corrected chi connectivity index (χ0v) is 5.30. The van der Waals surface area contributed by atoms with Gasteiger partial charge in [0.05, 0.1) is 2.74 Å². The predicted molar refractivity (Wildman–Crippen MR) is 38.8 cm³/mol. The van der Waals surface area contributed by atoms with E-state index in [-0.39, 0.29) is 0 Å². The molecule has 0 amide bonds. The Bertz CT molecular complexity index is 424. The Morgan fingerprint density at radius 3 is 3.00 bits per heavy atom. The van der Waals surface area contributed by atoms with Crippen molar-refractivity contribution in [3.8, 4) is 0 Å². The van der Waals surface area contributed by atoms with Crippen LogP contribution in [0.3, 0.4) is 0 Å². The molecule has 1 aromatic rings. The van der Waals surface area contributed by atoms with Crippen LogP contribution < -0.4 is 5.46 Å². The number of pyridine rings is 1. The van der Waals surface area contributed by atoms with Crippen molar-refractivity contribution in [2.75, 3.05) is 0 Å². The summed E-state index contributed by atoms with van der Waals surface area (Å²) in [5.74, 6) is -1.45. The van der Waals surface area contributed by atoms with Crippen LogP contribution in [-0.4, -0.2) is 22.2 Å². The molecule has 1 heterocycles. The first-order chi connectivity index (χ1) is 7.16. The smallest absolute Gasteiger partial charge is 0.423 e. The van der Waals surface area contributed by atoms with Crippen molar-refractivity contribution in [2.45, 2.75) is 6.85 Å². The molecule has 5 heteroatoms. The normalized spacial score (nSPS) is 17.5. The van der Waals surface area contributed by atoms with Crippen LogP contribution in [0.5, 0.6) is 0 Å². The van der Waals surface area contributed by atoms with E-state index in [0.717, 1.165) is 0 Å². The van der Waals surface area contributed by atoms with Gasteiger partial charge in [-0.05, 0) is 24.4 Å². The van der Waals surface area contributed by atoms with E-state index in [9.17, 15) is 4.39 Å². The number of aryl methyl sites for hydroxylation is 1. The van der Waals surface area contributed by atoms with Crippen LogP contribution in [0.15, 0.2) is 12.1 Å². The maximum absolute atomic E-state index is 13.1. The van der Waals surface area contributed by atoms with E-state index in [1.165, 1.54) is 0 Å². The molecule has 3 nitrogen and oxygen atoms in total. The van der Waals surface area contributed by atoms with E-state index in [4.69, 9.17) is 16.9 Å². The Morgan fingerprint density at radius 2 is 2.45 bits per heavy atom. The second-order valence-electron chi connectivity index (χ2n) is 1.79. The summed E-state index contributed by atoms with van der Waals surface area (Å²) in [5, 5.41) is 17.7. The number of hydrogen-bond donors (Lipinski definition) is 2. The summed E-state index contributed by atoms with van der Waals surface area (Å²) in [6.07, 6.45) is 0. The second-order valence-corrected chi connectivity index (χ2v) is 1.79. The van der Waals surface area contributed by atoms with Crippen LogP contribution >= 0.6 is 0 Å². The summed E-state index contributed by atoms with van der Waals surface area (Å²) in [7, 11) is -2.29. The minimum atomic E-state index is -2.85. The molecule has 0 aromatic carbocycles. The highest BCUT2D eigenvalue weighted by atomic mass is 19.1. The van der Waals surface area contributed by atoms with E-state index in [1.54, 1.807) is 0 Å². The molecule has 0 bridgehead atoms. The van der Waals surface area contributed by atoms with Gasteiger partial charge in [-0.1, -0.05) is 0 Å². The average Bonchev–Trinajstić information content (AvgIpc) is 2.09. The molecule has 0 atom stereocenters. The fraction of sp³-hybridized carbons (Fsp3) is 0.167. The first-order valence-electron chi connectivity index (χ1n) is 5.19. The highest BCUT2D eigenvalue weighted by Gasteiger charge is 2.12. The number of rotatable bonds is 1. The molecule has 0 saturated carbocycles. The van der Waals surface area contributed by atoms with Crippen molar-refractivity contribution in [3.05, 3.63) is 23.7 Å². The van der Waals surface area contributed by atoms with Crippen molar-refractivity contribution in [3.63, 3.8) is 0 Å². The zero-order valence-electron chi connectivity index (χ0n) is 10.3. The third kappa shape index (κ3) is 1.99. The van der Waals surface area contributed by atoms with Crippen LogP contribution in [0.25, 0.3) is 0 Å². The number of hydrogen-bond acceptors (Lipinski definition) is 3. The molecule has 0 spiro atoms. The lowest BCUT2D eigenvalue weighted by atomic mass is 9.81. The van der Waals surface area contributed by atoms with Gasteiger partial charge in [0.1, 0.15) is 0 Å². The molecule has 0 fully saturated rings. The molecule has 0 aliphatic heterocycles. The third-order valence-corrected chi connectivity index (χ3v) is 0.959. The van der Waals surface area contributed by atoms with Gasteiger partial charge in [-0.25, -0.2) is 4.98 Å². The summed E-state index contributed by atoms with van der Waals surface area (Å²) < 4.78 is 48.4. The van der Waals surface area contributed by atoms with Crippen LogP contribution in [0.1, 0.15) is 12.5 Å². The quantitative estimate of drug-likeness (QED) is 0.418. The van der Waals surface area contributed by atoms with Crippen molar-refractivity contribution in [1.82, 2.24) is 4.98 Å². The summed E-state index contributed by atoms with van der Waals surface area (Å²) in [6, 6.07) is -1.85. The Morgan fingerprint density at radius 1 is 1.73 bits per heavy atom. The topological polar surface area (TPSA) is 53.4 Å². The largest absolute Gasteiger partial charge is 0.488 e. The maximum Gasteiger partial charge on any atom is 0.488 e. The standard InChI is InChI=1S/C6H7BFNO2/c1-4-2-5(7(10)11)3-6(8)9-4/h2-3,10-11H,1H3/i1D3,2D,3D. The van der Waals surface area contributed by atoms with E-state index >= 15 is 0 Å². The van der Waals surface area contributed by atoms with Crippen LogP contribution in [0.4, 0.5) is 4.39 Å². The van der Waals surface area contributed by atoms with E-state index < -0.39 is 43.2 Å². The minimum Gasteiger partial charge on any atom is -0.423 e. The van der Waals surface area contributed by atoms with E-state index in [1.807, 2.05) is 0 Å². The first-order valence-corrected chi connectivity index (χ1v) is 2.69. The Hall–Kier alpha value is -0.935.